The van der Waals surface area contributed by atoms with E-state index in [2.05, 4.69) is 34.0 Å². The molecule has 0 saturated carbocycles. The normalized spacial score (nSPS) is 19.8. The van der Waals surface area contributed by atoms with E-state index in [0.717, 1.165) is 35.8 Å². The molecule has 0 aliphatic carbocycles. The van der Waals surface area contributed by atoms with Crippen molar-refractivity contribution >= 4 is 17.4 Å². The van der Waals surface area contributed by atoms with Crippen molar-refractivity contribution in [2.75, 3.05) is 18.0 Å². The first-order chi connectivity index (χ1) is 13.5. The molecule has 1 amide bonds. The van der Waals surface area contributed by atoms with Crippen LogP contribution < -0.4 is 10.2 Å². The van der Waals surface area contributed by atoms with E-state index in [4.69, 9.17) is 4.74 Å². The van der Waals surface area contributed by atoms with E-state index in [-0.39, 0.29) is 18.1 Å². The number of anilines is 1. The Bertz CT molecular complexity index is 972. The van der Waals surface area contributed by atoms with Gasteiger partial charge in [0.1, 0.15) is 17.2 Å². The van der Waals surface area contributed by atoms with Gasteiger partial charge in [-0.15, -0.1) is 0 Å². The number of nitrogens with one attached hydrogen (secondary N) is 1. The first kappa shape index (κ1) is 18.4. The van der Waals surface area contributed by atoms with Gasteiger partial charge in [-0.1, -0.05) is 12.1 Å². The van der Waals surface area contributed by atoms with Crippen LogP contribution in [0.3, 0.4) is 0 Å². The molecular formula is C21H25N5O2. The van der Waals surface area contributed by atoms with Crippen molar-refractivity contribution in [3.05, 3.63) is 59.7 Å². The Morgan fingerprint density at radius 3 is 2.68 bits per heavy atom. The molecule has 1 aliphatic rings. The van der Waals surface area contributed by atoms with Crippen LogP contribution in [0.4, 0.5) is 5.82 Å². The lowest BCUT2D eigenvalue weighted by Crippen LogP contribution is -2.45. The molecule has 1 N–H and O–H groups in total. The number of carbonyl (C=O) groups excluding carboxylic acids is 1. The minimum absolute atomic E-state index is 0.192. The highest BCUT2D eigenvalue weighted by Crippen LogP contribution is 2.18. The van der Waals surface area contributed by atoms with Crippen molar-refractivity contribution in [2.45, 2.75) is 39.5 Å². The van der Waals surface area contributed by atoms with Crippen LogP contribution in [0.1, 0.15) is 35.6 Å². The second-order valence-corrected chi connectivity index (χ2v) is 7.39. The van der Waals surface area contributed by atoms with Crippen LogP contribution in [-0.4, -0.2) is 45.6 Å². The summed E-state index contributed by atoms with van der Waals surface area (Å²) >= 11 is 0. The van der Waals surface area contributed by atoms with Crippen molar-refractivity contribution < 1.29 is 9.53 Å². The number of carbonyl (C=O) groups is 1. The van der Waals surface area contributed by atoms with E-state index in [9.17, 15) is 4.79 Å². The summed E-state index contributed by atoms with van der Waals surface area (Å²) < 4.78 is 7.69. The quantitative estimate of drug-likeness (QED) is 0.754. The number of hydrogen-bond donors (Lipinski definition) is 1. The predicted molar refractivity (Wildman–Crippen MR) is 108 cm³/mol. The molecule has 7 heteroatoms. The van der Waals surface area contributed by atoms with Crippen molar-refractivity contribution in [1.29, 1.82) is 0 Å². The third-order valence-electron chi connectivity index (χ3n) is 4.93. The van der Waals surface area contributed by atoms with Gasteiger partial charge >= 0.3 is 0 Å². The summed E-state index contributed by atoms with van der Waals surface area (Å²) in [5, 5.41) is 2.92. The summed E-state index contributed by atoms with van der Waals surface area (Å²) in [7, 11) is 0. The van der Waals surface area contributed by atoms with Gasteiger partial charge < -0.3 is 19.4 Å². The summed E-state index contributed by atoms with van der Waals surface area (Å²) in [5.74, 6) is 0.746. The number of fused-ring (bicyclic) bond motifs is 1. The van der Waals surface area contributed by atoms with Gasteiger partial charge in [0, 0.05) is 37.7 Å². The number of aromatic nitrogens is 3. The number of imidazole rings is 1. The number of rotatable bonds is 4. The van der Waals surface area contributed by atoms with E-state index >= 15 is 0 Å². The molecule has 4 heterocycles. The molecule has 0 bridgehead atoms. The second-order valence-electron chi connectivity index (χ2n) is 7.39. The first-order valence-electron chi connectivity index (χ1n) is 9.58. The fourth-order valence-corrected chi connectivity index (χ4v) is 3.60. The summed E-state index contributed by atoms with van der Waals surface area (Å²) in [5.41, 5.74) is 3.17. The lowest BCUT2D eigenvalue weighted by molar-refractivity contribution is -0.00546. The van der Waals surface area contributed by atoms with Gasteiger partial charge in [-0.05, 0) is 44.5 Å². The molecule has 4 rings (SSSR count). The summed E-state index contributed by atoms with van der Waals surface area (Å²) in [6.45, 7) is 8.22. The first-order valence-corrected chi connectivity index (χ1v) is 9.58. The Kier molecular flexibility index (Phi) is 5.00. The van der Waals surface area contributed by atoms with Crippen LogP contribution in [0, 0.1) is 6.92 Å². The fraction of sp³-hybridized carbons (Fsp3) is 0.381. The van der Waals surface area contributed by atoms with E-state index in [1.54, 1.807) is 6.20 Å². The Morgan fingerprint density at radius 1 is 1.21 bits per heavy atom. The standard InChI is InChI=1S/C21H25N5O2/c1-14-5-4-6-20-24-18(13-26(14)20)21(27)23-10-17-7-8-19(22-9-17)25-11-15(2)28-16(3)12-25/h4-9,13,15-16H,10-12H2,1-3H3,(H,23,27). The lowest BCUT2D eigenvalue weighted by Gasteiger charge is -2.36. The van der Waals surface area contributed by atoms with Gasteiger partial charge in [0.2, 0.25) is 0 Å². The van der Waals surface area contributed by atoms with Gasteiger partial charge in [0.05, 0.1) is 12.2 Å². The average molecular weight is 379 g/mol. The maximum Gasteiger partial charge on any atom is 0.271 e. The van der Waals surface area contributed by atoms with Crippen molar-refractivity contribution in [3.63, 3.8) is 0 Å². The third kappa shape index (κ3) is 3.84. The van der Waals surface area contributed by atoms with Crippen LogP contribution in [0.25, 0.3) is 5.65 Å². The molecule has 146 valence electrons. The molecule has 0 spiro atoms. The predicted octanol–water partition coefficient (Wildman–Crippen LogP) is 2.58. The van der Waals surface area contributed by atoms with Crippen molar-refractivity contribution in [3.8, 4) is 0 Å². The molecule has 1 saturated heterocycles. The molecule has 2 unspecified atom stereocenters. The second kappa shape index (κ2) is 7.59. The maximum atomic E-state index is 12.5. The highest BCUT2D eigenvalue weighted by atomic mass is 16.5. The molecule has 2 atom stereocenters. The van der Waals surface area contributed by atoms with E-state index in [1.807, 2.05) is 47.9 Å². The zero-order valence-electron chi connectivity index (χ0n) is 16.4. The minimum atomic E-state index is -0.192. The van der Waals surface area contributed by atoms with E-state index in [1.165, 1.54) is 0 Å². The van der Waals surface area contributed by atoms with Crippen molar-refractivity contribution in [1.82, 2.24) is 19.7 Å². The Balaban J connectivity index is 1.39. The minimum Gasteiger partial charge on any atom is -0.372 e. The van der Waals surface area contributed by atoms with Gasteiger partial charge in [0.25, 0.3) is 5.91 Å². The van der Waals surface area contributed by atoms with Gasteiger partial charge in [-0.25, -0.2) is 9.97 Å². The molecular weight excluding hydrogens is 354 g/mol. The molecule has 1 fully saturated rings. The molecule has 0 aromatic carbocycles. The van der Waals surface area contributed by atoms with Crippen molar-refractivity contribution in [2.24, 2.45) is 0 Å². The highest BCUT2D eigenvalue weighted by molar-refractivity contribution is 5.92. The molecule has 7 nitrogen and oxygen atoms in total. The SMILES string of the molecule is Cc1cccc2nc(C(=O)NCc3ccc(N4CC(C)OC(C)C4)nc3)cn12. The summed E-state index contributed by atoms with van der Waals surface area (Å²) in [6, 6.07) is 9.81. The van der Waals surface area contributed by atoms with E-state index < -0.39 is 0 Å². The zero-order valence-corrected chi connectivity index (χ0v) is 16.4. The summed E-state index contributed by atoms with van der Waals surface area (Å²) in [4.78, 5) is 23.7. The lowest BCUT2D eigenvalue weighted by atomic mass is 10.2. The number of pyridine rings is 2. The van der Waals surface area contributed by atoms with Crippen LogP contribution in [0.15, 0.2) is 42.7 Å². The topological polar surface area (TPSA) is 71.8 Å². The Morgan fingerprint density at radius 2 is 2.00 bits per heavy atom. The number of nitrogens with zero attached hydrogens (tertiary/aromatic N) is 4. The Hall–Kier alpha value is -2.93. The zero-order chi connectivity index (χ0) is 19.7. The maximum absolute atomic E-state index is 12.5. The van der Waals surface area contributed by atoms with Gasteiger partial charge in [0.15, 0.2) is 0 Å². The van der Waals surface area contributed by atoms with Gasteiger partial charge in [-0.2, -0.15) is 0 Å². The smallest absolute Gasteiger partial charge is 0.271 e. The number of aryl methyl sites for hydroxylation is 1. The molecule has 0 radical (unpaired) electrons. The number of ether oxygens (including phenoxy) is 1. The average Bonchev–Trinajstić information content (AvgIpc) is 3.12. The number of morpholine rings is 1. The molecule has 3 aromatic rings. The molecule has 28 heavy (non-hydrogen) atoms. The Labute approximate surface area is 164 Å². The number of hydrogen-bond acceptors (Lipinski definition) is 5. The monoisotopic (exact) mass is 379 g/mol. The largest absolute Gasteiger partial charge is 0.372 e. The number of amides is 1. The van der Waals surface area contributed by atoms with Crippen LogP contribution in [0.2, 0.25) is 0 Å². The van der Waals surface area contributed by atoms with E-state index in [0.29, 0.717) is 12.2 Å². The van der Waals surface area contributed by atoms with Crippen LogP contribution in [-0.2, 0) is 11.3 Å². The highest BCUT2D eigenvalue weighted by Gasteiger charge is 2.23. The summed E-state index contributed by atoms with van der Waals surface area (Å²) in [6.07, 6.45) is 3.97. The van der Waals surface area contributed by atoms with Gasteiger partial charge in [-0.3, -0.25) is 4.79 Å². The van der Waals surface area contributed by atoms with Crippen LogP contribution >= 0.6 is 0 Å². The fourth-order valence-electron chi connectivity index (χ4n) is 3.60. The molecule has 3 aromatic heterocycles. The van der Waals surface area contributed by atoms with Crippen LogP contribution in [0.5, 0.6) is 0 Å². The molecule has 1 aliphatic heterocycles. The third-order valence-corrected chi connectivity index (χ3v) is 4.93.